The molecular formula is C15H23N3O4S. The number of pyridine rings is 1. The van der Waals surface area contributed by atoms with Crippen molar-refractivity contribution >= 4 is 10.2 Å². The second kappa shape index (κ2) is 6.82. The van der Waals surface area contributed by atoms with E-state index in [-0.39, 0.29) is 18.2 Å². The van der Waals surface area contributed by atoms with Gasteiger partial charge in [0, 0.05) is 26.8 Å². The van der Waals surface area contributed by atoms with E-state index in [2.05, 4.69) is 4.98 Å². The van der Waals surface area contributed by atoms with E-state index in [4.69, 9.17) is 9.47 Å². The fourth-order valence-electron chi connectivity index (χ4n) is 3.23. The minimum atomic E-state index is -3.43. The first kappa shape index (κ1) is 16.8. The van der Waals surface area contributed by atoms with Gasteiger partial charge < -0.3 is 9.47 Å². The number of hydrogen-bond acceptors (Lipinski definition) is 5. The average molecular weight is 341 g/mol. The molecule has 0 unspecified atom stereocenters. The Kier molecular flexibility index (Phi) is 4.98. The van der Waals surface area contributed by atoms with Crippen LogP contribution in [-0.4, -0.2) is 67.5 Å². The van der Waals surface area contributed by atoms with Crippen LogP contribution in [0.5, 0.6) is 0 Å². The number of morpholine rings is 1. The molecule has 0 bridgehead atoms. The van der Waals surface area contributed by atoms with E-state index < -0.39 is 10.2 Å². The van der Waals surface area contributed by atoms with Gasteiger partial charge in [-0.2, -0.15) is 17.0 Å². The first-order valence-corrected chi connectivity index (χ1v) is 9.22. The SMILES string of the molecule is CN(C)S(=O)(=O)N1CCO[C@H]2[C@H](OCc3ccccn3)CC[C@@H]21. The molecule has 2 heterocycles. The van der Waals surface area contributed by atoms with Crippen LogP contribution < -0.4 is 0 Å². The Balaban J connectivity index is 1.67. The lowest BCUT2D eigenvalue weighted by Crippen LogP contribution is -2.56. The van der Waals surface area contributed by atoms with Gasteiger partial charge in [0.25, 0.3) is 10.2 Å². The number of ether oxygens (including phenoxy) is 2. The maximum atomic E-state index is 12.5. The van der Waals surface area contributed by atoms with Crippen molar-refractivity contribution in [3.8, 4) is 0 Å². The van der Waals surface area contributed by atoms with Crippen molar-refractivity contribution in [2.75, 3.05) is 27.2 Å². The zero-order valence-corrected chi connectivity index (χ0v) is 14.3. The fraction of sp³-hybridized carbons (Fsp3) is 0.667. The molecule has 1 aliphatic heterocycles. The van der Waals surface area contributed by atoms with Crippen LogP contribution in [-0.2, 0) is 26.3 Å². The monoisotopic (exact) mass is 341 g/mol. The molecule has 2 aliphatic rings. The second-order valence-corrected chi connectivity index (χ2v) is 8.15. The third kappa shape index (κ3) is 3.41. The minimum Gasteiger partial charge on any atom is -0.372 e. The molecule has 7 nitrogen and oxygen atoms in total. The van der Waals surface area contributed by atoms with Gasteiger partial charge in [-0.3, -0.25) is 4.98 Å². The van der Waals surface area contributed by atoms with Crippen LogP contribution in [0.25, 0.3) is 0 Å². The standard InChI is InChI=1S/C15H23N3O4S/c1-17(2)23(19,20)18-9-10-21-15-13(18)6-7-14(15)22-11-12-5-3-4-8-16-12/h3-5,8,13-15H,6-7,9-11H2,1-2H3/t13-,14+,15+/m0/s1. The summed E-state index contributed by atoms with van der Waals surface area (Å²) < 4.78 is 39.5. The topological polar surface area (TPSA) is 72.0 Å². The van der Waals surface area contributed by atoms with Gasteiger partial charge in [0.1, 0.15) is 6.10 Å². The third-order valence-electron chi connectivity index (χ3n) is 4.41. The van der Waals surface area contributed by atoms with Crippen molar-refractivity contribution in [1.82, 2.24) is 13.6 Å². The number of rotatable bonds is 5. The van der Waals surface area contributed by atoms with Gasteiger partial charge in [0.15, 0.2) is 0 Å². The molecule has 0 amide bonds. The molecule has 128 valence electrons. The molecule has 1 aliphatic carbocycles. The number of aromatic nitrogens is 1. The van der Waals surface area contributed by atoms with E-state index in [1.807, 2.05) is 18.2 Å². The van der Waals surface area contributed by atoms with Gasteiger partial charge in [-0.25, -0.2) is 0 Å². The quantitative estimate of drug-likeness (QED) is 0.786. The zero-order chi connectivity index (χ0) is 16.4. The Bertz CT molecular complexity index is 623. The summed E-state index contributed by atoms with van der Waals surface area (Å²) in [6, 6.07) is 5.55. The van der Waals surface area contributed by atoms with E-state index in [0.29, 0.717) is 19.8 Å². The Morgan fingerprint density at radius 3 is 2.91 bits per heavy atom. The van der Waals surface area contributed by atoms with Crippen molar-refractivity contribution in [3.63, 3.8) is 0 Å². The zero-order valence-electron chi connectivity index (χ0n) is 13.5. The van der Waals surface area contributed by atoms with Crippen LogP contribution >= 0.6 is 0 Å². The summed E-state index contributed by atoms with van der Waals surface area (Å²) in [7, 11) is -0.307. The summed E-state index contributed by atoms with van der Waals surface area (Å²) in [6.07, 6.45) is 2.98. The predicted molar refractivity (Wildman–Crippen MR) is 84.9 cm³/mol. The number of hydrogen-bond donors (Lipinski definition) is 0. The molecule has 1 saturated heterocycles. The Morgan fingerprint density at radius 1 is 1.39 bits per heavy atom. The normalized spacial score (nSPS) is 28.9. The molecule has 3 rings (SSSR count). The highest BCUT2D eigenvalue weighted by Gasteiger charge is 2.47. The van der Waals surface area contributed by atoms with Crippen molar-refractivity contribution in [3.05, 3.63) is 30.1 Å². The fourth-order valence-corrected chi connectivity index (χ4v) is 4.52. The summed E-state index contributed by atoms with van der Waals surface area (Å²) in [4.78, 5) is 4.24. The van der Waals surface area contributed by atoms with Crippen molar-refractivity contribution in [2.45, 2.75) is 37.7 Å². The van der Waals surface area contributed by atoms with Crippen LogP contribution in [0.15, 0.2) is 24.4 Å². The number of nitrogens with zero attached hydrogens (tertiary/aromatic N) is 3. The Hall–Kier alpha value is -1.06. The molecule has 8 heteroatoms. The molecule has 1 aromatic rings. The highest BCUT2D eigenvalue weighted by molar-refractivity contribution is 7.86. The first-order chi connectivity index (χ1) is 11.0. The van der Waals surface area contributed by atoms with Crippen LogP contribution in [0.4, 0.5) is 0 Å². The van der Waals surface area contributed by atoms with Gasteiger partial charge >= 0.3 is 0 Å². The van der Waals surface area contributed by atoms with Crippen molar-refractivity contribution in [1.29, 1.82) is 0 Å². The summed E-state index contributed by atoms with van der Waals surface area (Å²) in [5, 5.41) is 0. The molecule has 0 radical (unpaired) electrons. The van der Waals surface area contributed by atoms with E-state index in [0.717, 1.165) is 18.5 Å². The lowest BCUT2D eigenvalue weighted by molar-refractivity contribution is -0.101. The molecule has 1 saturated carbocycles. The van der Waals surface area contributed by atoms with Crippen LogP contribution in [0.1, 0.15) is 18.5 Å². The van der Waals surface area contributed by atoms with E-state index in [1.54, 1.807) is 24.6 Å². The second-order valence-electron chi connectivity index (χ2n) is 6.05. The summed E-state index contributed by atoms with van der Waals surface area (Å²) in [6.45, 7) is 1.21. The predicted octanol–water partition coefficient (Wildman–Crippen LogP) is 0.636. The average Bonchev–Trinajstić information content (AvgIpc) is 2.96. The van der Waals surface area contributed by atoms with E-state index >= 15 is 0 Å². The molecule has 0 aromatic carbocycles. The Labute approximate surface area is 137 Å². The van der Waals surface area contributed by atoms with E-state index in [9.17, 15) is 8.42 Å². The third-order valence-corrected chi connectivity index (χ3v) is 6.38. The largest absolute Gasteiger partial charge is 0.372 e. The van der Waals surface area contributed by atoms with E-state index in [1.165, 1.54) is 4.31 Å². The van der Waals surface area contributed by atoms with Gasteiger partial charge in [0.05, 0.1) is 31.1 Å². The molecule has 1 aromatic heterocycles. The maximum absolute atomic E-state index is 12.5. The smallest absolute Gasteiger partial charge is 0.281 e. The van der Waals surface area contributed by atoms with Crippen LogP contribution in [0.3, 0.4) is 0 Å². The van der Waals surface area contributed by atoms with Gasteiger partial charge in [0.2, 0.25) is 0 Å². The minimum absolute atomic E-state index is 0.0952. The lowest BCUT2D eigenvalue weighted by atomic mass is 10.1. The molecule has 0 N–H and O–H groups in total. The summed E-state index contributed by atoms with van der Waals surface area (Å²) >= 11 is 0. The molecule has 2 fully saturated rings. The van der Waals surface area contributed by atoms with Gasteiger partial charge in [-0.15, -0.1) is 0 Å². The Morgan fingerprint density at radius 2 is 2.22 bits per heavy atom. The highest BCUT2D eigenvalue weighted by atomic mass is 32.2. The summed E-state index contributed by atoms with van der Waals surface area (Å²) in [5.74, 6) is 0. The van der Waals surface area contributed by atoms with Gasteiger partial charge in [-0.1, -0.05) is 6.07 Å². The van der Waals surface area contributed by atoms with Crippen LogP contribution in [0, 0.1) is 0 Å². The van der Waals surface area contributed by atoms with Crippen molar-refractivity contribution in [2.24, 2.45) is 0 Å². The lowest BCUT2D eigenvalue weighted by Gasteiger charge is -2.39. The summed E-state index contributed by atoms with van der Waals surface area (Å²) in [5.41, 5.74) is 0.865. The molecule has 23 heavy (non-hydrogen) atoms. The highest BCUT2D eigenvalue weighted by Crippen LogP contribution is 2.34. The molecule has 0 spiro atoms. The number of fused-ring (bicyclic) bond motifs is 1. The van der Waals surface area contributed by atoms with Crippen molar-refractivity contribution < 1.29 is 17.9 Å². The molecule has 3 atom stereocenters. The van der Waals surface area contributed by atoms with Gasteiger partial charge in [-0.05, 0) is 25.0 Å². The molecular weight excluding hydrogens is 318 g/mol. The van der Waals surface area contributed by atoms with Crippen LogP contribution in [0.2, 0.25) is 0 Å². The first-order valence-electron chi connectivity index (χ1n) is 7.82. The maximum Gasteiger partial charge on any atom is 0.281 e.